The van der Waals surface area contributed by atoms with E-state index in [0.29, 0.717) is 42.4 Å². The van der Waals surface area contributed by atoms with Gasteiger partial charge >= 0.3 is 5.97 Å². The first-order valence-electron chi connectivity index (χ1n) is 9.76. The molecule has 1 aromatic carbocycles. The summed E-state index contributed by atoms with van der Waals surface area (Å²) in [6.07, 6.45) is 0.436. The predicted molar refractivity (Wildman–Crippen MR) is 107 cm³/mol. The molecule has 0 saturated carbocycles. The van der Waals surface area contributed by atoms with Gasteiger partial charge in [-0.15, -0.1) is 0 Å². The number of piperazine rings is 1. The van der Waals surface area contributed by atoms with E-state index in [1.165, 1.54) is 12.0 Å². The van der Waals surface area contributed by atoms with Crippen LogP contribution in [0.4, 0.5) is 0 Å². The Kier molecular flexibility index (Phi) is 6.19. The average molecular weight is 414 g/mol. The third kappa shape index (κ3) is 5.03. The van der Waals surface area contributed by atoms with Crippen LogP contribution in [0.25, 0.3) is 11.4 Å². The lowest BCUT2D eigenvalue weighted by Gasteiger charge is -2.34. The topological polar surface area (TPSA) is 115 Å². The van der Waals surface area contributed by atoms with Gasteiger partial charge in [0.15, 0.2) is 0 Å². The first-order valence-corrected chi connectivity index (χ1v) is 9.76. The molecule has 0 aliphatic carbocycles. The summed E-state index contributed by atoms with van der Waals surface area (Å²) < 4.78 is 10.0. The molecule has 1 aliphatic heterocycles. The lowest BCUT2D eigenvalue weighted by atomic mass is 9.92. The number of esters is 1. The summed E-state index contributed by atoms with van der Waals surface area (Å²) >= 11 is 0. The molecule has 3 rings (SSSR count). The van der Waals surface area contributed by atoms with Crippen LogP contribution in [0, 0.1) is 5.41 Å². The van der Waals surface area contributed by atoms with Gasteiger partial charge in [-0.1, -0.05) is 38.1 Å². The standard InChI is InChI=1S/C21H26N4O5/c1-21(2,3)12-16-23-18(24-30-16)13-6-5-7-14(10-13)20(28)25-9-8-22-19(27)15(25)11-17(26)29-4/h5-7,10,15H,8-9,11-12H2,1-4H3,(H,22,27). The van der Waals surface area contributed by atoms with Gasteiger partial charge < -0.3 is 19.5 Å². The van der Waals surface area contributed by atoms with Gasteiger partial charge in [0.2, 0.25) is 17.6 Å². The molecule has 9 heteroatoms. The van der Waals surface area contributed by atoms with Crippen molar-refractivity contribution in [3.8, 4) is 11.4 Å². The molecule has 2 aromatic rings. The quantitative estimate of drug-likeness (QED) is 0.742. The summed E-state index contributed by atoms with van der Waals surface area (Å²) in [5.74, 6) is -0.353. The molecule has 2 amide bonds. The molecule has 0 radical (unpaired) electrons. The predicted octanol–water partition coefficient (Wildman–Crippen LogP) is 1.83. The van der Waals surface area contributed by atoms with Crippen LogP contribution in [0.2, 0.25) is 0 Å². The number of hydrogen-bond acceptors (Lipinski definition) is 7. The zero-order valence-corrected chi connectivity index (χ0v) is 17.6. The Hall–Kier alpha value is -3.23. The molecule has 1 aromatic heterocycles. The molecule has 0 spiro atoms. The van der Waals surface area contributed by atoms with Gasteiger partial charge in [0.25, 0.3) is 5.91 Å². The van der Waals surface area contributed by atoms with Gasteiger partial charge in [-0.2, -0.15) is 4.98 Å². The van der Waals surface area contributed by atoms with Crippen molar-refractivity contribution >= 4 is 17.8 Å². The van der Waals surface area contributed by atoms with Crippen molar-refractivity contribution in [1.82, 2.24) is 20.4 Å². The van der Waals surface area contributed by atoms with Crippen LogP contribution in [0.1, 0.15) is 43.4 Å². The number of hydrogen-bond donors (Lipinski definition) is 1. The van der Waals surface area contributed by atoms with Gasteiger partial charge in [-0.25, -0.2) is 0 Å². The number of carbonyl (C=O) groups excluding carboxylic acids is 3. The van der Waals surface area contributed by atoms with E-state index >= 15 is 0 Å². The highest BCUT2D eigenvalue weighted by Gasteiger charge is 2.35. The average Bonchev–Trinajstić information content (AvgIpc) is 3.15. The smallest absolute Gasteiger partial charge is 0.308 e. The fraction of sp³-hybridized carbons (Fsp3) is 0.476. The maximum Gasteiger partial charge on any atom is 0.308 e. The van der Waals surface area contributed by atoms with Crippen molar-refractivity contribution < 1.29 is 23.6 Å². The van der Waals surface area contributed by atoms with Crippen LogP contribution in [-0.2, 0) is 20.7 Å². The number of amides is 2. The lowest BCUT2D eigenvalue weighted by Crippen LogP contribution is -2.57. The molecule has 1 N–H and O–H groups in total. The minimum absolute atomic E-state index is 0.00506. The highest BCUT2D eigenvalue weighted by atomic mass is 16.5. The second kappa shape index (κ2) is 8.64. The van der Waals surface area contributed by atoms with Gasteiger partial charge in [-0.05, 0) is 17.5 Å². The van der Waals surface area contributed by atoms with Crippen molar-refractivity contribution in [1.29, 1.82) is 0 Å². The van der Waals surface area contributed by atoms with Crippen LogP contribution < -0.4 is 5.32 Å². The molecule has 9 nitrogen and oxygen atoms in total. The number of rotatable bonds is 5. The third-order valence-corrected chi connectivity index (χ3v) is 4.70. The first kappa shape index (κ1) is 21.5. The number of carbonyl (C=O) groups is 3. The fourth-order valence-electron chi connectivity index (χ4n) is 3.26. The van der Waals surface area contributed by atoms with Crippen LogP contribution in [0.5, 0.6) is 0 Å². The van der Waals surface area contributed by atoms with Crippen molar-refractivity contribution in [2.45, 2.75) is 39.7 Å². The van der Waals surface area contributed by atoms with Crippen molar-refractivity contribution in [2.75, 3.05) is 20.2 Å². The van der Waals surface area contributed by atoms with Crippen molar-refractivity contribution in [3.05, 3.63) is 35.7 Å². The van der Waals surface area contributed by atoms with Crippen LogP contribution in [0.3, 0.4) is 0 Å². The minimum Gasteiger partial charge on any atom is -0.469 e. The Morgan fingerprint density at radius 1 is 1.33 bits per heavy atom. The van der Waals surface area contributed by atoms with Crippen molar-refractivity contribution in [3.63, 3.8) is 0 Å². The Balaban J connectivity index is 1.83. The van der Waals surface area contributed by atoms with Gasteiger partial charge in [0.1, 0.15) is 6.04 Å². The Labute approximate surface area is 174 Å². The lowest BCUT2D eigenvalue weighted by molar-refractivity contribution is -0.145. The molecule has 160 valence electrons. The molecular formula is C21H26N4O5. The highest BCUT2D eigenvalue weighted by Crippen LogP contribution is 2.23. The summed E-state index contributed by atoms with van der Waals surface area (Å²) in [5, 5.41) is 6.71. The third-order valence-electron chi connectivity index (χ3n) is 4.70. The maximum absolute atomic E-state index is 13.1. The largest absolute Gasteiger partial charge is 0.469 e. The number of methoxy groups -OCH3 is 1. The van der Waals surface area contributed by atoms with Crippen LogP contribution >= 0.6 is 0 Å². The normalized spacial score (nSPS) is 16.9. The molecule has 1 atom stereocenters. The molecular weight excluding hydrogens is 388 g/mol. The van der Waals surface area contributed by atoms with Gasteiger partial charge in [0, 0.05) is 30.6 Å². The summed E-state index contributed by atoms with van der Waals surface area (Å²) in [6, 6.07) is 5.92. The first-order chi connectivity index (χ1) is 14.2. The van der Waals surface area contributed by atoms with E-state index in [1.54, 1.807) is 24.3 Å². The zero-order valence-electron chi connectivity index (χ0n) is 17.6. The highest BCUT2D eigenvalue weighted by molar-refractivity contribution is 6.00. The van der Waals surface area contributed by atoms with E-state index in [1.807, 2.05) is 0 Å². The second-order valence-electron chi connectivity index (χ2n) is 8.42. The number of benzene rings is 1. The van der Waals surface area contributed by atoms with E-state index in [0.717, 1.165) is 0 Å². The second-order valence-corrected chi connectivity index (χ2v) is 8.42. The molecule has 2 heterocycles. The van der Waals surface area contributed by atoms with E-state index in [9.17, 15) is 14.4 Å². The number of ether oxygens (including phenoxy) is 1. The minimum atomic E-state index is -0.911. The summed E-state index contributed by atoms with van der Waals surface area (Å²) in [5.41, 5.74) is 1.01. The van der Waals surface area contributed by atoms with Crippen LogP contribution in [0.15, 0.2) is 28.8 Å². The fourth-order valence-corrected chi connectivity index (χ4v) is 3.26. The summed E-state index contributed by atoms with van der Waals surface area (Å²) in [7, 11) is 1.25. The SMILES string of the molecule is COC(=O)CC1C(=O)NCCN1C(=O)c1cccc(-c2noc(CC(C)(C)C)n2)c1. The zero-order chi connectivity index (χ0) is 21.9. The molecule has 0 bridgehead atoms. The molecule has 1 fully saturated rings. The number of aromatic nitrogens is 2. The number of nitrogens with one attached hydrogen (secondary N) is 1. The Morgan fingerprint density at radius 3 is 2.80 bits per heavy atom. The molecule has 1 aliphatic rings. The Morgan fingerprint density at radius 2 is 2.10 bits per heavy atom. The monoisotopic (exact) mass is 414 g/mol. The summed E-state index contributed by atoms with van der Waals surface area (Å²) in [6.45, 7) is 6.86. The maximum atomic E-state index is 13.1. The van der Waals surface area contributed by atoms with Crippen LogP contribution in [-0.4, -0.2) is 59.1 Å². The van der Waals surface area contributed by atoms with Crippen molar-refractivity contribution in [2.24, 2.45) is 5.41 Å². The van der Waals surface area contributed by atoms with E-state index in [2.05, 4.69) is 41.0 Å². The molecule has 1 saturated heterocycles. The molecule has 30 heavy (non-hydrogen) atoms. The van der Waals surface area contributed by atoms with E-state index < -0.39 is 12.0 Å². The summed E-state index contributed by atoms with van der Waals surface area (Å²) in [4.78, 5) is 42.9. The molecule has 1 unspecified atom stereocenters. The number of nitrogens with zero attached hydrogens (tertiary/aromatic N) is 3. The van der Waals surface area contributed by atoms with Gasteiger partial charge in [-0.3, -0.25) is 14.4 Å². The van der Waals surface area contributed by atoms with E-state index in [4.69, 9.17) is 4.52 Å². The van der Waals surface area contributed by atoms with E-state index in [-0.39, 0.29) is 23.7 Å². The Bertz CT molecular complexity index is 947. The van der Waals surface area contributed by atoms with Gasteiger partial charge in [0.05, 0.1) is 13.5 Å².